The molecule has 4 aromatic rings. The molecule has 0 bridgehead atoms. The van der Waals surface area contributed by atoms with Crippen LogP contribution in [0.4, 0.5) is 21.9 Å². The van der Waals surface area contributed by atoms with Crippen molar-refractivity contribution in [1.29, 1.82) is 0 Å². The van der Waals surface area contributed by atoms with E-state index in [1.165, 1.54) is 6.08 Å². The van der Waals surface area contributed by atoms with Crippen LogP contribution in [0.3, 0.4) is 0 Å². The van der Waals surface area contributed by atoms with Crippen molar-refractivity contribution in [2.75, 3.05) is 29.6 Å². The molecule has 0 aliphatic heterocycles. The molecule has 39 heavy (non-hydrogen) atoms. The Bertz CT molecular complexity index is 1460. The molecule has 0 heterocycles. The molecule has 200 valence electrons. The molecular formula is C31H31N3O5. The van der Waals surface area contributed by atoms with Gasteiger partial charge in [-0.25, -0.2) is 4.79 Å². The summed E-state index contributed by atoms with van der Waals surface area (Å²) in [5, 5.41) is 16.7. The number of amides is 2. The Morgan fingerprint density at radius 2 is 1.59 bits per heavy atom. The summed E-state index contributed by atoms with van der Waals surface area (Å²) in [5.74, 6) is -0.333. The molecule has 0 saturated heterocycles. The van der Waals surface area contributed by atoms with E-state index in [4.69, 9.17) is 15.2 Å². The van der Waals surface area contributed by atoms with Crippen LogP contribution >= 0.6 is 0 Å². The third kappa shape index (κ3) is 7.15. The van der Waals surface area contributed by atoms with Crippen molar-refractivity contribution in [2.45, 2.75) is 13.0 Å². The number of carbonyl (C=O) groups is 2. The first kappa shape index (κ1) is 27.2. The largest absolute Gasteiger partial charge is 0.491 e. The summed E-state index contributed by atoms with van der Waals surface area (Å²) in [6.45, 7) is 1.75. The molecule has 2 amide bonds. The zero-order valence-electron chi connectivity index (χ0n) is 21.5. The number of aliphatic hydroxyl groups is 1. The molecule has 0 aromatic heterocycles. The predicted molar refractivity (Wildman–Crippen MR) is 154 cm³/mol. The monoisotopic (exact) mass is 525 g/mol. The van der Waals surface area contributed by atoms with E-state index in [1.54, 1.807) is 60.7 Å². The first-order valence-electron chi connectivity index (χ1n) is 12.6. The number of hydrogen-bond acceptors (Lipinski definition) is 6. The van der Waals surface area contributed by atoms with Crippen LogP contribution in [0.1, 0.15) is 18.6 Å². The normalized spacial score (nSPS) is 12.6. The Labute approximate surface area is 227 Å². The molecule has 2 atom stereocenters. The molecule has 8 heteroatoms. The quantitative estimate of drug-likeness (QED) is 0.151. The second-order valence-corrected chi connectivity index (χ2v) is 8.88. The number of carbonyl (C=O) groups excluding carboxylic acids is 2. The first-order valence-corrected chi connectivity index (χ1v) is 12.6. The molecule has 5 N–H and O–H groups in total. The highest BCUT2D eigenvalue weighted by atomic mass is 16.6. The van der Waals surface area contributed by atoms with E-state index in [0.717, 1.165) is 10.8 Å². The number of nitrogens with one attached hydrogen (secondary N) is 2. The maximum absolute atomic E-state index is 13.2. The van der Waals surface area contributed by atoms with Gasteiger partial charge in [-0.15, -0.1) is 0 Å². The van der Waals surface area contributed by atoms with Crippen LogP contribution in [0.5, 0.6) is 5.75 Å². The first-order chi connectivity index (χ1) is 19.0. The number of nitrogens with two attached hydrogens (primary N) is 1. The van der Waals surface area contributed by atoms with Crippen LogP contribution < -0.4 is 21.1 Å². The Hall–Kier alpha value is -4.82. The number of anilines is 3. The van der Waals surface area contributed by atoms with Gasteiger partial charge >= 0.3 is 6.09 Å². The number of hydrogen-bond donors (Lipinski definition) is 4. The standard InChI is InChI=1S/C31H31N3O5/c1-21(17-18-29(36)33-27-14-6-5-13-25(27)32)30(24-12-4-7-16-28(24)38-20-19-35)39-31(37)34-26-15-8-10-22-9-2-3-11-23(22)26/h2-18,21,30,35H,19-20,32H2,1H3,(H,33,36)(H,34,37)/b18-17+/t21-,30-/m1/s1. The zero-order chi connectivity index (χ0) is 27.6. The molecule has 0 spiro atoms. The van der Waals surface area contributed by atoms with Crippen molar-refractivity contribution >= 4 is 39.8 Å². The van der Waals surface area contributed by atoms with Gasteiger partial charge in [-0.05, 0) is 35.7 Å². The van der Waals surface area contributed by atoms with Gasteiger partial charge in [0.1, 0.15) is 18.5 Å². The lowest BCUT2D eigenvalue weighted by molar-refractivity contribution is -0.111. The van der Waals surface area contributed by atoms with Gasteiger partial charge in [0, 0.05) is 16.9 Å². The van der Waals surface area contributed by atoms with E-state index in [1.807, 2.05) is 43.3 Å². The summed E-state index contributed by atoms with van der Waals surface area (Å²) in [5.41, 5.74) is 8.10. The number of nitrogen functional groups attached to an aromatic ring is 1. The number of para-hydroxylation sites is 3. The van der Waals surface area contributed by atoms with Gasteiger partial charge in [0.2, 0.25) is 5.91 Å². The number of benzene rings is 4. The van der Waals surface area contributed by atoms with Crippen LogP contribution in [0.15, 0.2) is 103 Å². The van der Waals surface area contributed by atoms with Gasteiger partial charge in [-0.2, -0.15) is 0 Å². The van der Waals surface area contributed by atoms with Crippen LogP contribution in [-0.2, 0) is 9.53 Å². The van der Waals surface area contributed by atoms with Crippen molar-refractivity contribution in [3.8, 4) is 5.75 Å². The summed E-state index contributed by atoms with van der Waals surface area (Å²) in [7, 11) is 0. The van der Waals surface area contributed by atoms with Gasteiger partial charge < -0.3 is 25.6 Å². The van der Waals surface area contributed by atoms with Gasteiger partial charge in [0.05, 0.1) is 23.7 Å². The smallest absolute Gasteiger partial charge is 0.412 e. The highest BCUT2D eigenvalue weighted by Crippen LogP contribution is 2.35. The van der Waals surface area contributed by atoms with E-state index in [0.29, 0.717) is 28.4 Å². The van der Waals surface area contributed by atoms with Crippen LogP contribution in [0.2, 0.25) is 0 Å². The van der Waals surface area contributed by atoms with Gasteiger partial charge in [-0.1, -0.05) is 79.7 Å². The summed E-state index contributed by atoms with van der Waals surface area (Å²) in [4.78, 5) is 25.8. The fourth-order valence-corrected chi connectivity index (χ4v) is 4.17. The van der Waals surface area contributed by atoms with Crippen molar-refractivity contribution in [3.05, 3.63) is 109 Å². The second-order valence-electron chi connectivity index (χ2n) is 8.88. The average molecular weight is 526 g/mol. The average Bonchev–Trinajstić information content (AvgIpc) is 2.95. The van der Waals surface area contributed by atoms with Crippen LogP contribution in [0.25, 0.3) is 10.8 Å². The lowest BCUT2D eigenvalue weighted by Crippen LogP contribution is -2.22. The lowest BCUT2D eigenvalue weighted by Gasteiger charge is -2.25. The van der Waals surface area contributed by atoms with Crippen molar-refractivity contribution < 1.29 is 24.2 Å². The number of fused-ring (bicyclic) bond motifs is 1. The summed E-state index contributed by atoms with van der Waals surface area (Å²) >= 11 is 0. The summed E-state index contributed by atoms with van der Waals surface area (Å²) < 4.78 is 11.7. The molecular weight excluding hydrogens is 494 g/mol. The van der Waals surface area contributed by atoms with Crippen molar-refractivity contribution in [1.82, 2.24) is 0 Å². The van der Waals surface area contributed by atoms with Crippen molar-refractivity contribution in [3.63, 3.8) is 0 Å². The van der Waals surface area contributed by atoms with Crippen LogP contribution in [0, 0.1) is 5.92 Å². The summed E-state index contributed by atoms with van der Waals surface area (Å²) in [6, 6.07) is 27.4. The maximum Gasteiger partial charge on any atom is 0.412 e. The summed E-state index contributed by atoms with van der Waals surface area (Å²) in [6.07, 6.45) is 1.58. The third-order valence-corrected chi connectivity index (χ3v) is 6.08. The predicted octanol–water partition coefficient (Wildman–Crippen LogP) is 5.91. The molecule has 4 aromatic carbocycles. The molecule has 8 nitrogen and oxygen atoms in total. The van der Waals surface area contributed by atoms with E-state index in [-0.39, 0.29) is 19.1 Å². The Morgan fingerprint density at radius 3 is 2.41 bits per heavy atom. The van der Waals surface area contributed by atoms with Gasteiger partial charge in [0.15, 0.2) is 0 Å². The van der Waals surface area contributed by atoms with Gasteiger partial charge in [0.25, 0.3) is 0 Å². The molecule has 0 aliphatic rings. The molecule has 4 rings (SSSR count). The highest BCUT2D eigenvalue weighted by Gasteiger charge is 2.26. The van der Waals surface area contributed by atoms with Crippen molar-refractivity contribution in [2.24, 2.45) is 5.92 Å². The van der Waals surface area contributed by atoms with E-state index >= 15 is 0 Å². The minimum absolute atomic E-state index is 0.0804. The number of ether oxygens (including phenoxy) is 2. The SMILES string of the molecule is C[C@H](/C=C/C(=O)Nc1ccccc1N)[C@@H](OC(=O)Nc1cccc2ccccc12)c1ccccc1OCCO. The maximum atomic E-state index is 13.2. The number of aliphatic hydroxyl groups excluding tert-OH is 1. The van der Waals surface area contributed by atoms with E-state index < -0.39 is 18.1 Å². The molecule has 0 unspecified atom stereocenters. The molecule has 0 saturated carbocycles. The second kappa shape index (κ2) is 13.1. The molecule has 0 fully saturated rings. The molecule has 0 radical (unpaired) electrons. The van der Waals surface area contributed by atoms with Crippen LogP contribution in [-0.4, -0.2) is 30.3 Å². The Morgan fingerprint density at radius 1 is 0.897 bits per heavy atom. The minimum atomic E-state index is -0.805. The van der Waals surface area contributed by atoms with Gasteiger partial charge in [-0.3, -0.25) is 10.1 Å². The highest BCUT2D eigenvalue weighted by molar-refractivity contribution is 6.01. The van der Waals surface area contributed by atoms with E-state index in [2.05, 4.69) is 10.6 Å². The third-order valence-electron chi connectivity index (χ3n) is 6.08. The lowest BCUT2D eigenvalue weighted by atomic mass is 9.95. The topological polar surface area (TPSA) is 123 Å². The fraction of sp³-hybridized carbons (Fsp3) is 0.161. The zero-order valence-corrected chi connectivity index (χ0v) is 21.5. The minimum Gasteiger partial charge on any atom is -0.491 e. The molecule has 0 aliphatic carbocycles. The number of rotatable bonds is 10. The Balaban J connectivity index is 1.57. The van der Waals surface area contributed by atoms with E-state index in [9.17, 15) is 14.7 Å². The Kier molecular flexibility index (Phi) is 9.16. The fourth-order valence-electron chi connectivity index (χ4n) is 4.17.